The van der Waals surface area contributed by atoms with Crippen LogP contribution in [0.3, 0.4) is 0 Å². The highest BCUT2D eigenvalue weighted by atomic mass is 19.4. The number of hydrogen-bond acceptors (Lipinski definition) is 6. The van der Waals surface area contributed by atoms with E-state index in [2.05, 4.69) is 25.3 Å². The second-order valence-electron chi connectivity index (χ2n) is 8.27. The molecule has 2 aliphatic rings. The third-order valence-electron chi connectivity index (χ3n) is 6.03. The summed E-state index contributed by atoms with van der Waals surface area (Å²) in [6.45, 7) is 2.26. The second kappa shape index (κ2) is 7.71. The van der Waals surface area contributed by atoms with E-state index in [1.807, 2.05) is 4.90 Å². The van der Waals surface area contributed by atoms with E-state index in [0.717, 1.165) is 12.3 Å². The van der Waals surface area contributed by atoms with Gasteiger partial charge in [0.05, 0.1) is 17.6 Å². The number of rotatable bonds is 4. The van der Waals surface area contributed by atoms with Crippen molar-refractivity contribution < 1.29 is 22.8 Å². The molecule has 5 heterocycles. The summed E-state index contributed by atoms with van der Waals surface area (Å²) in [5.41, 5.74) is 1.12. The lowest BCUT2D eigenvalue weighted by Crippen LogP contribution is -2.48. The minimum atomic E-state index is -4.47. The van der Waals surface area contributed by atoms with Crippen LogP contribution in [0.1, 0.15) is 30.3 Å². The number of amides is 2. The van der Waals surface area contributed by atoms with Crippen molar-refractivity contribution in [2.75, 3.05) is 28.2 Å². The van der Waals surface area contributed by atoms with Crippen LogP contribution in [0.5, 0.6) is 0 Å². The van der Waals surface area contributed by atoms with Crippen molar-refractivity contribution in [2.45, 2.75) is 32.0 Å². The van der Waals surface area contributed by atoms with Gasteiger partial charge in [0.25, 0.3) is 0 Å². The number of pyridine rings is 1. The number of urea groups is 1. The van der Waals surface area contributed by atoms with Gasteiger partial charge >= 0.3 is 12.2 Å². The number of alkyl halides is 3. The van der Waals surface area contributed by atoms with Gasteiger partial charge in [0.2, 0.25) is 5.95 Å². The van der Waals surface area contributed by atoms with E-state index in [1.54, 1.807) is 24.5 Å². The third-order valence-corrected chi connectivity index (χ3v) is 6.03. The molecule has 1 saturated heterocycles. The maximum atomic E-state index is 13.2. The second-order valence-corrected chi connectivity index (χ2v) is 8.27. The average Bonchev–Trinajstić information content (AvgIpc) is 3.40. The number of ketones is 1. The Morgan fingerprint density at radius 3 is 2.88 bits per heavy atom. The molecule has 0 saturated carbocycles. The molecule has 0 aromatic carbocycles. The Kier molecular flexibility index (Phi) is 4.94. The first kappa shape index (κ1) is 21.2. The maximum absolute atomic E-state index is 13.2. The van der Waals surface area contributed by atoms with Crippen LogP contribution in [-0.4, -0.2) is 57.1 Å². The van der Waals surface area contributed by atoms with Crippen molar-refractivity contribution in [3.63, 3.8) is 0 Å². The van der Waals surface area contributed by atoms with Crippen LogP contribution in [0.25, 0.3) is 11.0 Å². The number of carbonyl (C=O) groups excluding carboxylic acids is 2. The number of fused-ring (bicyclic) bond motifs is 5. The number of carbonyl (C=O) groups is 2. The summed E-state index contributed by atoms with van der Waals surface area (Å²) in [7, 11) is 0. The molecular formula is C21H20F3N7O2. The Labute approximate surface area is 186 Å². The van der Waals surface area contributed by atoms with E-state index in [4.69, 9.17) is 0 Å². The number of aromatic amines is 1. The monoisotopic (exact) mass is 459 g/mol. The Morgan fingerprint density at radius 1 is 1.27 bits per heavy atom. The van der Waals surface area contributed by atoms with Crippen molar-refractivity contribution in [2.24, 2.45) is 5.92 Å². The van der Waals surface area contributed by atoms with Crippen molar-refractivity contribution in [3.05, 3.63) is 36.3 Å². The molecule has 33 heavy (non-hydrogen) atoms. The largest absolute Gasteiger partial charge is 0.391 e. The van der Waals surface area contributed by atoms with Crippen molar-refractivity contribution in [3.8, 4) is 0 Å². The number of nitrogens with one attached hydrogen (secondary N) is 2. The van der Waals surface area contributed by atoms with Crippen LogP contribution >= 0.6 is 0 Å². The van der Waals surface area contributed by atoms with Crippen LogP contribution in [0.4, 0.5) is 35.4 Å². The van der Waals surface area contributed by atoms with Gasteiger partial charge in [-0.3, -0.25) is 15.0 Å². The van der Waals surface area contributed by atoms with Gasteiger partial charge in [-0.25, -0.2) is 14.8 Å². The molecule has 2 N–H and O–H groups in total. The van der Waals surface area contributed by atoms with Crippen molar-refractivity contribution in [1.82, 2.24) is 19.9 Å². The molecule has 2 atom stereocenters. The van der Waals surface area contributed by atoms with Gasteiger partial charge in [-0.1, -0.05) is 6.92 Å². The fourth-order valence-electron chi connectivity index (χ4n) is 4.18. The highest BCUT2D eigenvalue weighted by Gasteiger charge is 2.41. The maximum Gasteiger partial charge on any atom is 0.391 e. The molecule has 0 aliphatic carbocycles. The van der Waals surface area contributed by atoms with Crippen LogP contribution in [0.15, 0.2) is 30.6 Å². The molecule has 2 bridgehead atoms. The third kappa shape index (κ3) is 3.85. The average molecular weight is 459 g/mol. The Balaban J connectivity index is 1.43. The molecule has 0 radical (unpaired) electrons. The first-order valence-electron chi connectivity index (χ1n) is 10.5. The van der Waals surface area contributed by atoms with E-state index < -0.39 is 30.3 Å². The smallest absolute Gasteiger partial charge is 0.366 e. The minimum absolute atomic E-state index is 0.100. The normalized spacial score (nSPS) is 18.4. The molecule has 5 rings (SSSR count). The molecule has 1 fully saturated rings. The summed E-state index contributed by atoms with van der Waals surface area (Å²) in [5.74, 6) is -2.17. The van der Waals surface area contributed by atoms with E-state index in [1.165, 1.54) is 11.0 Å². The first-order chi connectivity index (χ1) is 15.7. The molecular weight excluding hydrogens is 439 g/mol. The Morgan fingerprint density at radius 2 is 2.09 bits per heavy atom. The summed E-state index contributed by atoms with van der Waals surface area (Å²) >= 11 is 0. The zero-order valence-corrected chi connectivity index (χ0v) is 17.6. The number of aromatic nitrogens is 4. The van der Waals surface area contributed by atoms with Crippen LogP contribution in [0.2, 0.25) is 0 Å². The lowest BCUT2D eigenvalue weighted by Gasteiger charge is -2.35. The van der Waals surface area contributed by atoms with Gasteiger partial charge in [-0.2, -0.15) is 18.2 Å². The standard InChI is InChI=1S/C21H20F3N7O2/c1-11(21(22,23)24)8-16(32)14-2-3-15-18(27-14)31(13-5-7-30(15)10-13)20(33)29-19-26-9-12-4-6-25-17(12)28-19/h2-4,6,9,11,13H,5,7-8,10H2,1H3,(H2,25,26,28,29,33)/t11-,13-/m0/s1. The molecule has 172 valence electrons. The topological polar surface area (TPSA) is 107 Å². The molecule has 3 aromatic rings. The number of H-pyrrole nitrogens is 1. The molecule has 3 aromatic heterocycles. The minimum Gasteiger partial charge on any atom is -0.366 e. The highest BCUT2D eigenvalue weighted by Crippen LogP contribution is 2.39. The van der Waals surface area contributed by atoms with E-state index in [-0.39, 0.29) is 23.5 Å². The fraction of sp³-hybridized carbons (Fsp3) is 0.381. The zero-order valence-electron chi connectivity index (χ0n) is 17.6. The Bertz CT molecular complexity index is 1240. The number of halogens is 3. The van der Waals surface area contributed by atoms with Crippen molar-refractivity contribution >= 4 is 40.3 Å². The number of Topliss-reactive ketones (excluding diaryl/α,β-unsaturated/α-hetero) is 1. The van der Waals surface area contributed by atoms with Gasteiger partial charge < -0.3 is 9.88 Å². The fourth-order valence-corrected chi connectivity index (χ4v) is 4.18. The summed E-state index contributed by atoms with van der Waals surface area (Å²) < 4.78 is 38.7. The van der Waals surface area contributed by atoms with Crippen LogP contribution < -0.4 is 15.1 Å². The predicted molar refractivity (Wildman–Crippen MR) is 114 cm³/mol. The molecule has 9 nitrogen and oxygen atoms in total. The summed E-state index contributed by atoms with van der Waals surface area (Å²) in [4.78, 5) is 44.9. The van der Waals surface area contributed by atoms with E-state index in [0.29, 0.717) is 30.8 Å². The predicted octanol–water partition coefficient (Wildman–Crippen LogP) is 3.75. The summed E-state index contributed by atoms with van der Waals surface area (Å²) in [5, 5.41) is 3.46. The quantitative estimate of drug-likeness (QED) is 0.576. The molecule has 0 unspecified atom stereocenters. The number of nitrogens with zero attached hydrogens (tertiary/aromatic N) is 5. The summed E-state index contributed by atoms with van der Waals surface area (Å²) in [6.07, 6.45) is -1.21. The first-order valence-corrected chi connectivity index (χ1v) is 10.5. The van der Waals surface area contributed by atoms with Gasteiger partial charge in [0.15, 0.2) is 11.6 Å². The lowest BCUT2D eigenvalue weighted by atomic mass is 10.0. The van der Waals surface area contributed by atoms with E-state index >= 15 is 0 Å². The van der Waals surface area contributed by atoms with Gasteiger partial charge in [0.1, 0.15) is 11.3 Å². The number of anilines is 3. The summed E-state index contributed by atoms with van der Waals surface area (Å²) in [6, 6.07) is 4.14. The van der Waals surface area contributed by atoms with E-state index in [9.17, 15) is 22.8 Å². The highest BCUT2D eigenvalue weighted by molar-refractivity contribution is 6.05. The Hall–Kier alpha value is -3.70. The molecule has 2 amide bonds. The lowest BCUT2D eigenvalue weighted by molar-refractivity contribution is -0.168. The van der Waals surface area contributed by atoms with Gasteiger partial charge in [-0.05, 0) is 24.6 Å². The molecule has 2 aliphatic heterocycles. The number of hydrogen-bond donors (Lipinski definition) is 2. The van der Waals surface area contributed by atoms with Gasteiger partial charge in [0, 0.05) is 37.3 Å². The zero-order chi connectivity index (χ0) is 23.3. The van der Waals surface area contributed by atoms with Crippen LogP contribution in [-0.2, 0) is 0 Å². The molecule has 0 spiro atoms. The van der Waals surface area contributed by atoms with Gasteiger partial charge in [-0.15, -0.1) is 0 Å². The SMILES string of the molecule is C[C@@H](CC(=O)c1ccc2c(n1)N(C(=O)Nc1ncc3cc[nH]c3n1)[C@H]1CCN2C1)C(F)(F)F. The molecule has 12 heteroatoms. The van der Waals surface area contributed by atoms with Crippen LogP contribution in [0, 0.1) is 5.92 Å². The van der Waals surface area contributed by atoms with Crippen molar-refractivity contribution in [1.29, 1.82) is 0 Å².